The molecule has 1 aliphatic rings. The normalized spacial score (nSPS) is 28.2. The van der Waals surface area contributed by atoms with Crippen molar-refractivity contribution in [2.75, 3.05) is 0 Å². The average Bonchev–Trinajstić information content (AvgIpc) is 2.37. The molecule has 0 nitrogen and oxygen atoms in total. The molecule has 1 saturated carbocycles. The van der Waals surface area contributed by atoms with Crippen LogP contribution in [0.1, 0.15) is 52.4 Å². The smallest absolute Gasteiger partial charge is 0.0294 e. The Labute approximate surface area is 70.7 Å². The van der Waals surface area contributed by atoms with E-state index < -0.39 is 0 Å². The van der Waals surface area contributed by atoms with Crippen LogP contribution >= 0.6 is 0 Å². The highest BCUT2D eigenvalue weighted by atomic mass is 14.2. The number of rotatable bonds is 3. The van der Waals surface area contributed by atoms with Crippen LogP contribution in [-0.2, 0) is 0 Å². The van der Waals surface area contributed by atoms with Gasteiger partial charge in [0, 0.05) is 0 Å². The molecule has 1 fully saturated rings. The van der Waals surface area contributed by atoms with E-state index in [-0.39, 0.29) is 0 Å². The predicted octanol–water partition coefficient (Wildman–Crippen LogP) is 3.92. The van der Waals surface area contributed by atoms with Crippen molar-refractivity contribution in [3.8, 4) is 0 Å². The van der Waals surface area contributed by atoms with Crippen molar-refractivity contribution in [3.63, 3.8) is 0 Å². The molecule has 0 radical (unpaired) electrons. The number of allylic oxidation sites excluding steroid dienone is 2. The Kier molecular flexibility index (Phi) is 3.68. The second-order valence-electron chi connectivity index (χ2n) is 3.85. The molecule has 0 bridgehead atoms. The summed E-state index contributed by atoms with van der Waals surface area (Å²) in [5.74, 6) is 0.961. The van der Waals surface area contributed by atoms with Crippen molar-refractivity contribution in [3.05, 3.63) is 11.6 Å². The zero-order valence-corrected chi connectivity index (χ0v) is 7.90. The summed E-state index contributed by atoms with van der Waals surface area (Å²) >= 11 is 0. The maximum Gasteiger partial charge on any atom is -0.0294 e. The standard InChI is InChI=1S/C11H20/c1-3-4-5-6-11-8-7-10(2)9-11/h6,10H,3-5,7-9H2,1-2H3. The Balaban J connectivity index is 2.19. The first-order valence-electron chi connectivity index (χ1n) is 5.00. The molecule has 1 rings (SSSR count). The maximum absolute atomic E-state index is 2.48. The molecule has 0 aromatic carbocycles. The SMILES string of the molecule is CCCCC=C1CCC(C)C1. The molecule has 0 heteroatoms. The second-order valence-corrected chi connectivity index (χ2v) is 3.85. The minimum atomic E-state index is 0.961. The molecular weight excluding hydrogens is 132 g/mol. The fourth-order valence-electron chi connectivity index (χ4n) is 1.78. The molecule has 0 amide bonds. The Morgan fingerprint density at radius 1 is 1.55 bits per heavy atom. The average molecular weight is 152 g/mol. The van der Waals surface area contributed by atoms with Crippen molar-refractivity contribution in [1.82, 2.24) is 0 Å². The third kappa shape index (κ3) is 3.09. The third-order valence-electron chi connectivity index (χ3n) is 2.56. The highest BCUT2D eigenvalue weighted by molar-refractivity contribution is 5.07. The topological polar surface area (TPSA) is 0 Å². The van der Waals surface area contributed by atoms with Gasteiger partial charge in [-0.25, -0.2) is 0 Å². The summed E-state index contributed by atoms with van der Waals surface area (Å²) in [5, 5.41) is 0. The summed E-state index contributed by atoms with van der Waals surface area (Å²) in [5.41, 5.74) is 1.73. The molecule has 0 N–H and O–H groups in total. The van der Waals surface area contributed by atoms with E-state index in [0.717, 1.165) is 5.92 Å². The second kappa shape index (κ2) is 4.58. The van der Waals surface area contributed by atoms with Gasteiger partial charge in [0.15, 0.2) is 0 Å². The molecule has 0 heterocycles. The van der Waals surface area contributed by atoms with Crippen molar-refractivity contribution >= 4 is 0 Å². The van der Waals surface area contributed by atoms with Gasteiger partial charge in [-0.3, -0.25) is 0 Å². The molecule has 1 atom stereocenters. The van der Waals surface area contributed by atoms with E-state index in [2.05, 4.69) is 19.9 Å². The van der Waals surface area contributed by atoms with Gasteiger partial charge in [0.1, 0.15) is 0 Å². The molecule has 0 aromatic rings. The van der Waals surface area contributed by atoms with Gasteiger partial charge in [-0.15, -0.1) is 0 Å². The zero-order chi connectivity index (χ0) is 8.10. The monoisotopic (exact) mass is 152 g/mol. The van der Waals surface area contributed by atoms with Crippen LogP contribution in [0.2, 0.25) is 0 Å². The molecule has 0 aliphatic heterocycles. The maximum atomic E-state index is 2.48. The van der Waals surface area contributed by atoms with Gasteiger partial charge < -0.3 is 0 Å². The van der Waals surface area contributed by atoms with Gasteiger partial charge in [-0.05, 0) is 31.6 Å². The highest BCUT2D eigenvalue weighted by Crippen LogP contribution is 2.29. The summed E-state index contributed by atoms with van der Waals surface area (Å²) in [6, 6.07) is 0. The van der Waals surface area contributed by atoms with Crippen LogP contribution in [-0.4, -0.2) is 0 Å². The minimum absolute atomic E-state index is 0.961. The van der Waals surface area contributed by atoms with Crippen LogP contribution < -0.4 is 0 Å². The number of hydrogen-bond acceptors (Lipinski definition) is 0. The van der Waals surface area contributed by atoms with E-state index in [1.807, 2.05) is 0 Å². The van der Waals surface area contributed by atoms with Gasteiger partial charge in [0.2, 0.25) is 0 Å². The van der Waals surface area contributed by atoms with Gasteiger partial charge in [0.25, 0.3) is 0 Å². The number of unbranched alkanes of at least 4 members (excludes halogenated alkanes) is 2. The van der Waals surface area contributed by atoms with Crippen molar-refractivity contribution in [1.29, 1.82) is 0 Å². The Morgan fingerprint density at radius 3 is 2.91 bits per heavy atom. The van der Waals surface area contributed by atoms with E-state index in [1.165, 1.54) is 38.5 Å². The van der Waals surface area contributed by atoms with Gasteiger partial charge in [0.05, 0.1) is 0 Å². The molecule has 1 aliphatic carbocycles. The lowest BCUT2D eigenvalue weighted by Gasteiger charge is -1.96. The van der Waals surface area contributed by atoms with Gasteiger partial charge in [-0.1, -0.05) is 38.3 Å². The molecule has 1 unspecified atom stereocenters. The lowest BCUT2D eigenvalue weighted by Crippen LogP contribution is -1.80. The predicted molar refractivity (Wildman–Crippen MR) is 50.6 cm³/mol. The Bertz CT molecular complexity index is 133. The molecule has 64 valence electrons. The van der Waals surface area contributed by atoms with E-state index in [0.29, 0.717) is 0 Å². The largest absolute Gasteiger partial charge is 0.0853 e. The fraction of sp³-hybridized carbons (Fsp3) is 0.818. The summed E-state index contributed by atoms with van der Waals surface area (Å²) in [7, 11) is 0. The highest BCUT2D eigenvalue weighted by Gasteiger charge is 2.13. The van der Waals surface area contributed by atoms with Crippen LogP contribution in [0.3, 0.4) is 0 Å². The molecule has 0 aromatic heterocycles. The van der Waals surface area contributed by atoms with Gasteiger partial charge in [-0.2, -0.15) is 0 Å². The molecule has 0 spiro atoms. The van der Waals surface area contributed by atoms with E-state index >= 15 is 0 Å². The van der Waals surface area contributed by atoms with Gasteiger partial charge >= 0.3 is 0 Å². The summed E-state index contributed by atoms with van der Waals surface area (Å²) in [4.78, 5) is 0. The molecule has 11 heavy (non-hydrogen) atoms. The van der Waals surface area contributed by atoms with Crippen LogP contribution in [0, 0.1) is 5.92 Å². The first-order chi connectivity index (χ1) is 5.33. The summed E-state index contributed by atoms with van der Waals surface area (Å²) in [6.07, 6.45) is 10.7. The Morgan fingerprint density at radius 2 is 2.36 bits per heavy atom. The van der Waals surface area contributed by atoms with Crippen LogP contribution in [0.4, 0.5) is 0 Å². The van der Waals surface area contributed by atoms with Crippen molar-refractivity contribution in [2.45, 2.75) is 52.4 Å². The zero-order valence-electron chi connectivity index (χ0n) is 7.90. The minimum Gasteiger partial charge on any atom is -0.0853 e. The van der Waals surface area contributed by atoms with Crippen LogP contribution in [0.25, 0.3) is 0 Å². The number of hydrogen-bond donors (Lipinski definition) is 0. The quantitative estimate of drug-likeness (QED) is 0.424. The van der Waals surface area contributed by atoms with E-state index in [4.69, 9.17) is 0 Å². The third-order valence-corrected chi connectivity index (χ3v) is 2.56. The van der Waals surface area contributed by atoms with Crippen molar-refractivity contribution in [2.24, 2.45) is 5.92 Å². The first-order valence-corrected chi connectivity index (χ1v) is 5.00. The summed E-state index contributed by atoms with van der Waals surface area (Å²) < 4.78 is 0. The first kappa shape index (κ1) is 8.83. The lowest BCUT2D eigenvalue weighted by molar-refractivity contribution is 0.620. The van der Waals surface area contributed by atoms with E-state index in [9.17, 15) is 0 Å². The molecular formula is C11H20. The Hall–Kier alpha value is -0.260. The molecule has 0 saturated heterocycles. The fourth-order valence-corrected chi connectivity index (χ4v) is 1.78. The lowest BCUT2D eigenvalue weighted by atomic mass is 10.1. The van der Waals surface area contributed by atoms with Crippen LogP contribution in [0.15, 0.2) is 11.6 Å². The van der Waals surface area contributed by atoms with E-state index in [1.54, 1.807) is 5.57 Å². The van der Waals surface area contributed by atoms with Crippen LogP contribution in [0.5, 0.6) is 0 Å². The van der Waals surface area contributed by atoms with Crippen molar-refractivity contribution < 1.29 is 0 Å². The summed E-state index contributed by atoms with van der Waals surface area (Å²) in [6.45, 7) is 4.62.